The summed E-state index contributed by atoms with van der Waals surface area (Å²) < 4.78 is 7.91. The molecule has 4 rings (SSSR count). The first-order valence-corrected chi connectivity index (χ1v) is 9.80. The quantitative estimate of drug-likeness (QED) is 0.619. The summed E-state index contributed by atoms with van der Waals surface area (Å²) in [5.41, 5.74) is 3.95. The lowest BCUT2D eigenvalue weighted by atomic mass is 9.87. The second kappa shape index (κ2) is 6.47. The summed E-state index contributed by atoms with van der Waals surface area (Å²) in [6, 6.07) is 15.8. The average Bonchev–Trinajstić information content (AvgIpc) is 2.99. The molecular formula is C21H22N2O2S. The number of hydrogen-bond donors (Lipinski definition) is 0. The van der Waals surface area contributed by atoms with Gasteiger partial charge < -0.3 is 9.30 Å². The van der Waals surface area contributed by atoms with Gasteiger partial charge in [0.15, 0.2) is 5.16 Å². The Morgan fingerprint density at radius 3 is 2.62 bits per heavy atom. The molecule has 0 amide bonds. The van der Waals surface area contributed by atoms with Crippen molar-refractivity contribution in [1.29, 1.82) is 0 Å². The largest absolute Gasteiger partial charge is 0.456 e. The molecule has 0 saturated heterocycles. The Morgan fingerprint density at radius 2 is 1.88 bits per heavy atom. The van der Waals surface area contributed by atoms with E-state index in [1.165, 1.54) is 5.56 Å². The van der Waals surface area contributed by atoms with Gasteiger partial charge in [-0.15, -0.1) is 0 Å². The van der Waals surface area contributed by atoms with Crippen molar-refractivity contribution in [2.24, 2.45) is 0 Å². The second-order valence-electron chi connectivity index (χ2n) is 7.66. The molecule has 2 aromatic carbocycles. The molecular weight excluding hydrogens is 344 g/mol. The third-order valence-electron chi connectivity index (χ3n) is 4.66. The van der Waals surface area contributed by atoms with Gasteiger partial charge in [-0.3, -0.25) is 0 Å². The molecule has 2 heterocycles. The minimum Gasteiger partial charge on any atom is -0.456 e. The van der Waals surface area contributed by atoms with Crippen molar-refractivity contribution in [1.82, 2.24) is 9.55 Å². The van der Waals surface area contributed by atoms with E-state index in [1.54, 1.807) is 11.8 Å². The molecule has 1 aliphatic heterocycles. The molecule has 1 aliphatic rings. The maximum absolute atomic E-state index is 12.5. The van der Waals surface area contributed by atoms with E-state index in [1.807, 2.05) is 42.5 Å². The van der Waals surface area contributed by atoms with E-state index in [2.05, 4.69) is 36.4 Å². The van der Waals surface area contributed by atoms with Crippen LogP contribution < -0.4 is 0 Å². The number of thioether (sulfide) groups is 1. The number of nitrogens with zero attached hydrogens (tertiary/aromatic N) is 2. The molecule has 26 heavy (non-hydrogen) atoms. The maximum atomic E-state index is 12.5. The van der Waals surface area contributed by atoms with Gasteiger partial charge in [0, 0.05) is 5.75 Å². The third kappa shape index (κ3) is 3.23. The maximum Gasteiger partial charge on any atom is 0.338 e. The van der Waals surface area contributed by atoms with Crippen LogP contribution in [0.3, 0.4) is 0 Å². The highest BCUT2D eigenvalue weighted by Crippen LogP contribution is 2.30. The zero-order valence-electron chi connectivity index (χ0n) is 15.2. The van der Waals surface area contributed by atoms with Gasteiger partial charge in [0.1, 0.15) is 6.10 Å². The first-order valence-electron chi connectivity index (χ1n) is 8.81. The highest BCUT2D eigenvalue weighted by atomic mass is 32.2. The number of carbonyl (C=O) groups is 1. The number of para-hydroxylation sites is 2. The molecule has 1 atom stereocenters. The van der Waals surface area contributed by atoms with Gasteiger partial charge in [-0.05, 0) is 35.2 Å². The zero-order chi connectivity index (χ0) is 18.3. The van der Waals surface area contributed by atoms with Crippen LogP contribution >= 0.6 is 11.8 Å². The summed E-state index contributed by atoms with van der Waals surface area (Å²) in [5, 5.41) is 0.994. The fourth-order valence-corrected chi connectivity index (χ4v) is 4.16. The van der Waals surface area contributed by atoms with Gasteiger partial charge in [0.2, 0.25) is 0 Å². The van der Waals surface area contributed by atoms with Crippen LogP contribution in [0, 0.1) is 0 Å². The molecule has 1 aromatic heterocycles. The smallest absolute Gasteiger partial charge is 0.338 e. The van der Waals surface area contributed by atoms with Crippen molar-refractivity contribution in [3.63, 3.8) is 0 Å². The van der Waals surface area contributed by atoms with Crippen molar-refractivity contribution in [3.8, 4) is 0 Å². The number of benzene rings is 2. The number of hydrogen-bond acceptors (Lipinski definition) is 4. The van der Waals surface area contributed by atoms with Crippen molar-refractivity contribution in [2.75, 3.05) is 5.75 Å². The summed E-state index contributed by atoms with van der Waals surface area (Å²) in [7, 11) is 0. The van der Waals surface area contributed by atoms with E-state index in [0.717, 1.165) is 21.9 Å². The van der Waals surface area contributed by atoms with Crippen LogP contribution in [0.5, 0.6) is 0 Å². The summed E-state index contributed by atoms with van der Waals surface area (Å²) >= 11 is 1.64. The van der Waals surface area contributed by atoms with Crippen LogP contribution in [0.1, 0.15) is 36.7 Å². The standard InChI is InChI=1S/C21H22N2O2S/c1-21(2,3)15-10-8-14(9-11-15)19(24)25-16-12-23-18-7-5-4-6-17(18)22-20(23)26-13-16/h4-11,16H,12-13H2,1-3H3/t16-/m0/s1. The van der Waals surface area contributed by atoms with Crippen LogP contribution in [-0.2, 0) is 16.7 Å². The van der Waals surface area contributed by atoms with Gasteiger partial charge in [-0.1, -0.05) is 56.8 Å². The molecule has 0 fully saturated rings. The zero-order valence-corrected chi connectivity index (χ0v) is 16.0. The monoisotopic (exact) mass is 366 g/mol. The fourth-order valence-electron chi connectivity index (χ4n) is 3.16. The van der Waals surface area contributed by atoms with Gasteiger partial charge in [0.05, 0.1) is 23.1 Å². The Morgan fingerprint density at radius 1 is 1.15 bits per heavy atom. The number of carbonyl (C=O) groups excluding carboxylic acids is 1. The van der Waals surface area contributed by atoms with Gasteiger partial charge in [-0.2, -0.15) is 0 Å². The Labute approximate surface area is 157 Å². The van der Waals surface area contributed by atoms with Crippen LogP contribution in [-0.4, -0.2) is 27.4 Å². The third-order valence-corrected chi connectivity index (χ3v) is 5.77. The normalized spacial score (nSPS) is 17.1. The molecule has 0 aliphatic carbocycles. The Hall–Kier alpha value is -2.27. The Kier molecular flexibility index (Phi) is 4.27. The number of ether oxygens (including phenoxy) is 1. The highest BCUT2D eigenvalue weighted by molar-refractivity contribution is 7.99. The number of esters is 1. The van der Waals surface area contributed by atoms with E-state index in [9.17, 15) is 4.79 Å². The van der Waals surface area contributed by atoms with Crippen molar-refractivity contribution in [2.45, 2.75) is 44.0 Å². The van der Waals surface area contributed by atoms with Crippen LogP contribution in [0.4, 0.5) is 0 Å². The molecule has 0 unspecified atom stereocenters. The molecule has 134 valence electrons. The van der Waals surface area contributed by atoms with Crippen LogP contribution in [0.2, 0.25) is 0 Å². The SMILES string of the molecule is CC(C)(C)c1ccc(C(=O)O[C@@H]2CSc3nc4ccccc4n3C2)cc1. The topological polar surface area (TPSA) is 44.1 Å². The molecule has 0 N–H and O–H groups in total. The molecule has 0 bridgehead atoms. The molecule has 3 aromatic rings. The second-order valence-corrected chi connectivity index (χ2v) is 8.65. The van der Waals surface area contributed by atoms with Crippen molar-refractivity contribution >= 4 is 28.8 Å². The number of rotatable bonds is 2. The number of fused-ring (bicyclic) bond motifs is 3. The van der Waals surface area contributed by atoms with E-state index >= 15 is 0 Å². The van der Waals surface area contributed by atoms with Crippen LogP contribution in [0.15, 0.2) is 53.7 Å². The van der Waals surface area contributed by atoms with Crippen molar-refractivity contribution < 1.29 is 9.53 Å². The number of imidazole rings is 1. The van der Waals surface area contributed by atoms with Gasteiger partial charge >= 0.3 is 5.97 Å². The van der Waals surface area contributed by atoms with Gasteiger partial charge in [-0.25, -0.2) is 9.78 Å². The van der Waals surface area contributed by atoms with E-state index in [-0.39, 0.29) is 17.5 Å². The Bertz CT molecular complexity index is 954. The molecule has 5 heteroatoms. The predicted octanol–water partition coefficient (Wildman–Crippen LogP) is 4.67. The van der Waals surface area contributed by atoms with Crippen molar-refractivity contribution in [3.05, 3.63) is 59.7 Å². The first-order chi connectivity index (χ1) is 12.4. The predicted molar refractivity (Wildman–Crippen MR) is 105 cm³/mol. The van der Waals surface area contributed by atoms with E-state index < -0.39 is 0 Å². The summed E-state index contributed by atoms with van der Waals surface area (Å²) in [4.78, 5) is 17.2. The van der Waals surface area contributed by atoms with E-state index in [4.69, 9.17) is 4.74 Å². The lowest BCUT2D eigenvalue weighted by molar-refractivity contribution is 0.0306. The van der Waals surface area contributed by atoms with E-state index in [0.29, 0.717) is 12.1 Å². The molecule has 4 nitrogen and oxygen atoms in total. The lowest BCUT2D eigenvalue weighted by Crippen LogP contribution is -2.29. The minimum atomic E-state index is -0.260. The number of aromatic nitrogens is 2. The van der Waals surface area contributed by atoms with Crippen LogP contribution in [0.25, 0.3) is 11.0 Å². The van der Waals surface area contributed by atoms with Gasteiger partial charge in [0.25, 0.3) is 0 Å². The summed E-state index contributed by atoms with van der Waals surface area (Å²) in [6.45, 7) is 7.13. The summed E-state index contributed by atoms with van der Waals surface area (Å²) in [5.74, 6) is 0.471. The Balaban J connectivity index is 1.49. The molecule has 0 saturated carbocycles. The highest BCUT2D eigenvalue weighted by Gasteiger charge is 2.25. The lowest BCUT2D eigenvalue weighted by Gasteiger charge is -2.24. The molecule has 0 spiro atoms. The minimum absolute atomic E-state index is 0.0708. The average molecular weight is 366 g/mol. The summed E-state index contributed by atoms with van der Waals surface area (Å²) in [6.07, 6.45) is -0.153. The first kappa shape index (κ1) is 17.2. The fraction of sp³-hybridized carbons (Fsp3) is 0.333. The molecule has 0 radical (unpaired) electrons.